The van der Waals surface area contributed by atoms with Gasteiger partial charge in [0.15, 0.2) is 0 Å². The number of benzene rings is 2. The summed E-state index contributed by atoms with van der Waals surface area (Å²) in [6.07, 6.45) is 2.36. The van der Waals surface area contributed by atoms with Gasteiger partial charge in [-0.3, -0.25) is 0 Å². The van der Waals surface area contributed by atoms with Gasteiger partial charge in [-0.15, -0.1) is 0 Å². The van der Waals surface area contributed by atoms with Crippen LogP contribution in [0, 0.1) is 0 Å². The number of nitrogens with one attached hydrogen (secondary N) is 1. The van der Waals surface area contributed by atoms with Crippen LogP contribution in [0.2, 0.25) is 5.02 Å². The normalized spacial score (nSPS) is 12.6. The Balaban J connectivity index is 2.14. The average molecular weight is 278 g/mol. The van der Waals surface area contributed by atoms with E-state index in [9.17, 15) is 0 Å². The van der Waals surface area contributed by atoms with Gasteiger partial charge in [-0.2, -0.15) is 0 Å². The van der Waals surface area contributed by atoms with Crippen LogP contribution in [0.3, 0.4) is 0 Å². The molecule has 2 nitrogen and oxygen atoms in total. The van der Waals surface area contributed by atoms with Crippen LogP contribution in [-0.4, -0.2) is 19.7 Å². The summed E-state index contributed by atoms with van der Waals surface area (Å²) < 4.78 is 6.04. The van der Waals surface area contributed by atoms with E-state index in [1.165, 1.54) is 0 Å². The molecule has 0 amide bonds. The molecular weight excluding hydrogens is 258 g/mol. The summed E-state index contributed by atoms with van der Waals surface area (Å²) in [4.78, 5) is 0. The molecule has 0 radical (unpaired) electrons. The first kappa shape index (κ1) is 14.2. The molecule has 2 aromatic rings. The summed E-state index contributed by atoms with van der Waals surface area (Å²) >= 11 is 6.20. The summed E-state index contributed by atoms with van der Waals surface area (Å²) in [6, 6.07) is 11.9. The molecule has 0 aliphatic carbocycles. The van der Waals surface area contributed by atoms with Gasteiger partial charge >= 0.3 is 0 Å². The van der Waals surface area contributed by atoms with Crippen molar-refractivity contribution in [2.24, 2.45) is 0 Å². The third-order valence-electron chi connectivity index (χ3n) is 3.20. The van der Waals surface area contributed by atoms with Gasteiger partial charge in [0.25, 0.3) is 0 Å². The van der Waals surface area contributed by atoms with Crippen LogP contribution >= 0.6 is 11.6 Å². The van der Waals surface area contributed by atoms with E-state index in [1.54, 1.807) is 0 Å². The van der Waals surface area contributed by atoms with Crippen LogP contribution in [-0.2, 0) is 0 Å². The molecule has 0 aliphatic rings. The van der Waals surface area contributed by atoms with Crippen molar-refractivity contribution in [2.75, 3.05) is 13.6 Å². The molecule has 0 heterocycles. The summed E-state index contributed by atoms with van der Waals surface area (Å²) in [5, 5.41) is 6.04. The van der Waals surface area contributed by atoms with E-state index in [2.05, 4.69) is 18.3 Å². The fourth-order valence-electron chi connectivity index (χ4n) is 2.18. The molecule has 3 heteroatoms. The first-order valence-corrected chi connectivity index (χ1v) is 7.08. The first-order valence-electron chi connectivity index (χ1n) is 6.71. The highest BCUT2D eigenvalue weighted by Gasteiger charge is 2.08. The van der Waals surface area contributed by atoms with Gasteiger partial charge in [0, 0.05) is 15.8 Å². The second-order valence-electron chi connectivity index (χ2n) is 4.77. The van der Waals surface area contributed by atoms with Gasteiger partial charge < -0.3 is 10.1 Å². The van der Waals surface area contributed by atoms with Gasteiger partial charge in [-0.25, -0.2) is 0 Å². The SMILES string of the molecule is CNCCCC(C)Oc1ccc(Cl)c2ccccc12. The molecule has 1 unspecified atom stereocenters. The minimum Gasteiger partial charge on any atom is -0.490 e. The maximum atomic E-state index is 6.20. The molecule has 19 heavy (non-hydrogen) atoms. The average Bonchev–Trinajstić information content (AvgIpc) is 2.43. The van der Waals surface area contributed by atoms with Crippen molar-refractivity contribution in [3.63, 3.8) is 0 Å². The van der Waals surface area contributed by atoms with E-state index in [4.69, 9.17) is 16.3 Å². The zero-order valence-corrected chi connectivity index (χ0v) is 12.2. The standard InChI is InChI=1S/C16H20ClNO/c1-12(6-5-11-18-2)19-16-10-9-15(17)13-7-3-4-8-14(13)16/h3-4,7-10,12,18H,5-6,11H2,1-2H3. The number of hydrogen-bond donors (Lipinski definition) is 1. The van der Waals surface area contributed by atoms with E-state index < -0.39 is 0 Å². The minimum absolute atomic E-state index is 0.206. The Labute approximate surface area is 119 Å². The van der Waals surface area contributed by atoms with Gasteiger partial charge in [-0.05, 0) is 45.5 Å². The Kier molecular flexibility index (Phi) is 5.06. The fraction of sp³-hybridized carbons (Fsp3) is 0.375. The predicted octanol–water partition coefficient (Wildman–Crippen LogP) is 4.26. The molecule has 0 saturated carbocycles. The van der Waals surface area contributed by atoms with Crippen LogP contribution in [0.4, 0.5) is 0 Å². The lowest BCUT2D eigenvalue weighted by molar-refractivity contribution is 0.210. The molecule has 2 aromatic carbocycles. The van der Waals surface area contributed by atoms with Crippen molar-refractivity contribution in [1.82, 2.24) is 5.32 Å². The molecule has 1 N–H and O–H groups in total. The number of rotatable bonds is 6. The topological polar surface area (TPSA) is 21.3 Å². The van der Waals surface area contributed by atoms with Gasteiger partial charge in [0.05, 0.1) is 6.10 Å². The van der Waals surface area contributed by atoms with Gasteiger partial charge in [0.2, 0.25) is 0 Å². The molecule has 0 saturated heterocycles. The van der Waals surface area contributed by atoms with E-state index in [0.29, 0.717) is 0 Å². The number of fused-ring (bicyclic) bond motifs is 1. The monoisotopic (exact) mass is 277 g/mol. The molecule has 102 valence electrons. The molecule has 0 fully saturated rings. The summed E-state index contributed by atoms with van der Waals surface area (Å²) in [7, 11) is 1.97. The lowest BCUT2D eigenvalue weighted by Crippen LogP contribution is -2.15. The van der Waals surface area contributed by atoms with Crippen LogP contribution in [0.15, 0.2) is 36.4 Å². The van der Waals surface area contributed by atoms with Crippen molar-refractivity contribution in [3.8, 4) is 5.75 Å². The van der Waals surface area contributed by atoms with Gasteiger partial charge in [0.1, 0.15) is 5.75 Å². The second-order valence-corrected chi connectivity index (χ2v) is 5.17. The number of hydrogen-bond acceptors (Lipinski definition) is 2. The smallest absolute Gasteiger partial charge is 0.127 e. The van der Waals surface area contributed by atoms with Crippen LogP contribution in [0.25, 0.3) is 10.8 Å². The van der Waals surface area contributed by atoms with Crippen molar-refractivity contribution in [3.05, 3.63) is 41.4 Å². The molecule has 2 rings (SSSR count). The van der Waals surface area contributed by atoms with Crippen LogP contribution in [0.1, 0.15) is 19.8 Å². The Morgan fingerprint density at radius 3 is 2.63 bits per heavy atom. The Morgan fingerprint density at radius 1 is 1.16 bits per heavy atom. The Bertz CT molecular complexity index is 541. The third kappa shape index (κ3) is 3.62. The quantitative estimate of drug-likeness (QED) is 0.797. The highest BCUT2D eigenvalue weighted by molar-refractivity contribution is 6.35. The van der Waals surface area contributed by atoms with Crippen molar-refractivity contribution in [1.29, 1.82) is 0 Å². The van der Waals surface area contributed by atoms with Crippen LogP contribution in [0.5, 0.6) is 5.75 Å². The predicted molar refractivity (Wildman–Crippen MR) is 82.2 cm³/mol. The molecule has 0 bridgehead atoms. The van der Waals surface area contributed by atoms with Crippen molar-refractivity contribution < 1.29 is 4.74 Å². The lowest BCUT2D eigenvalue weighted by Gasteiger charge is -2.16. The maximum Gasteiger partial charge on any atom is 0.127 e. The number of ether oxygens (including phenoxy) is 1. The zero-order chi connectivity index (χ0) is 13.7. The van der Waals surface area contributed by atoms with Crippen molar-refractivity contribution in [2.45, 2.75) is 25.9 Å². The summed E-state index contributed by atoms with van der Waals surface area (Å²) in [5.74, 6) is 0.914. The van der Waals surface area contributed by atoms with E-state index in [0.717, 1.165) is 40.9 Å². The zero-order valence-electron chi connectivity index (χ0n) is 11.4. The molecular formula is C16H20ClNO. The van der Waals surface area contributed by atoms with Crippen molar-refractivity contribution >= 4 is 22.4 Å². The molecule has 1 atom stereocenters. The summed E-state index contributed by atoms with van der Waals surface area (Å²) in [5.41, 5.74) is 0. The largest absolute Gasteiger partial charge is 0.490 e. The Hall–Kier alpha value is -1.25. The van der Waals surface area contributed by atoms with Crippen LogP contribution < -0.4 is 10.1 Å². The third-order valence-corrected chi connectivity index (χ3v) is 3.53. The Morgan fingerprint density at radius 2 is 1.89 bits per heavy atom. The maximum absolute atomic E-state index is 6.20. The second kappa shape index (κ2) is 6.78. The molecule has 0 aromatic heterocycles. The summed E-state index contributed by atoms with van der Waals surface area (Å²) in [6.45, 7) is 3.13. The minimum atomic E-state index is 0.206. The highest BCUT2D eigenvalue weighted by Crippen LogP contribution is 2.32. The van der Waals surface area contributed by atoms with Gasteiger partial charge in [-0.1, -0.05) is 35.9 Å². The number of halogens is 1. The lowest BCUT2D eigenvalue weighted by atomic mass is 10.1. The molecule has 0 spiro atoms. The van der Waals surface area contributed by atoms with E-state index in [1.807, 2.05) is 37.4 Å². The first-order chi connectivity index (χ1) is 9.22. The fourth-order valence-corrected chi connectivity index (χ4v) is 2.41. The van der Waals surface area contributed by atoms with E-state index >= 15 is 0 Å². The highest BCUT2D eigenvalue weighted by atomic mass is 35.5. The van der Waals surface area contributed by atoms with E-state index in [-0.39, 0.29) is 6.10 Å². The molecule has 0 aliphatic heterocycles.